The zero-order valence-electron chi connectivity index (χ0n) is 40.6. The summed E-state index contributed by atoms with van der Waals surface area (Å²) in [4.78, 5) is 96.1. The van der Waals surface area contributed by atoms with E-state index in [4.69, 9.17) is 42.0 Å². The number of hydrogen-bond acceptors (Lipinski definition) is 18. The first-order valence-electron chi connectivity index (χ1n) is 22.9. The van der Waals surface area contributed by atoms with Gasteiger partial charge in [-0.25, -0.2) is 18.9 Å². The third-order valence-electron chi connectivity index (χ3n) is 10.2. The van der Waals surface area contributed by atoms with Gasteiger partial charge in [0.05, 0.1) is 46.1 Å². The summed E-state index contributed by atoms with van der Waals surface area (Å²) in [6.45, 7) is 9.86. The van der Waals surface area contributed by atoms with Gasteiger partial charge in [-0.1, -0.05) is 93.2 Å². The van der Waals surface area contributed by atoms with Gasteiger partial charge in [-0.3, -0.25) is 37.3 Å². The van der Waals surface area contributed by atoms with Crippen molar-refractivity contribution in [3.63, 3.8) is 0 Å². The lowest BCUT2D eigenvalue weighted by Crippen LogP contribution is -2.58. The molecule has 0 aliphatic carbocycles. The summed E-state index contributed by atoms with van der Waals surface area (Å²) >= 11 is 0. The number of esters is 2. The van der Waals surface area contributed by atoms with Gasteiger partial charge >= 0.3 is 31.5 Å². The van der Waals surface area contributed by atoms with Crippen LogP contribution in [0.25, 0.3) is 0 Å². The minimum absolute atomic E-state index is 0.0103. The van der Waals surface area contributed by atoms with Crippen LogP contribution in [0, 0.1) is 5.92 Å². The van der Waals surface area contributed by atoms with E-state index in [9.17, 15) is 38.1 Å². The van der Waals surface area contributed by atoms with Crippen LogP contribution in [-0.2, 0) is 83.4 Å². The fourth-order valence-corrected chi connectivity index (χ4v) is 7.93. The first kappa shape index (κ1) is 58.0. The number of anilines is 1. The molecule has 2 aromatic carbocycles. The second-order valence-electron chi connectivity index (χ2n) is 16.2. The third kappa shape index (κ3) is 19.9. The molecule has 4 N–H and O–H groups in total. The molecule has 4 rings (SSSR count). The van der Waals surface area contributed by atoms with Crippen molar-refractivity contribution in [3.8, 4) is 0 Å². The van der Waals surface area contributed by atoms with E-state index in [0.29, 0.717) is 12.2 Å². The standard InChI is InChI=1S/C48H63N6O17P/c1-7-21-66-48(61)50-37(44(57)53-43(32(3)4)45(58)49-36(27-34-15-11-9-12-16-34)46(59)65-26-25-64-24-23-63-6)30-68-72(62,67-22-8-2)69-31-39-38(70-33(5)55)29-42(71-39)54-20-19-40(52-47(54)60)51-41(56)28-35-17-13-10-14-18-35/h7-20,32,36-39,42-43H,1-2,21-31H2,3-6H3,(H,49,58)(H,50,61)(H,53,57)(H,51,52,56,60)/t36-,37-,38-,39+,42+,43-,72?/m0/s1. The Labute approximate surface area is 416 Å². The monoisotopic (exact) mass is 1030 g/mol. The summed E-state index contributed by atoms with van der Waals surface area (Å²) in [5, 5.41) is 10.1. The van der Waals surface area contributed by atoms with Crippen molar-refractivity contribution in [2.45, 2.75) is 76.6 Å². The van der Waals surface area contributed by atoms with Crippen molar-refractivity contribution in [1.82, 2.24) is 25.5 Å². The Kier molecular flexibility index (Phi) is 24.4. The smallest absolute Gasteiger partial charge is 0.462 e. The highest BCUT2D eigenvalue weighted by Gasteiger charge is 2.42. The average molecular weight is 1030 g/mol. The number of carbonyl (C=O) groups is 6. The predicted octanol–water partition coefficient (Wildman–Crippen LogP) is 3.34. The predicted molar refractivity (Wildman–Crippen MR) is 258 cm³/mol. The lowest BCUT2D eigenvalue weighted by molar-refractivity contribution is -0.150. The number of rotatable bonds is 31. The highest BCUT2D eigenvalue weighted by Crippen LogP contribution is 2.50. The van der Waals surface area contributed by atoms with Gasteiger partial charge in [-0.2, -0.15) is 4.98 Å². The summed E-state index contributed by atoms with van der Waals surface area (Å²) in [5.41, 5.74) is 0.645. The SMILES string of the molecule is C=CCOC(=O)N[C@@H](COP(=O)(OCC=C)OC[C@H]1O[C@@H](n2ccc(NC(=O)Cc3ccccc3)nc2=O)C[C@@H]1OC(C)=O)C(=O)N[C@H](C(=O)N[C@@H](Cc1ccccc1)C(=O)OCCOCCOC)C(C)C. The maximum absolute atomic E-state index is 14.2. The van der Waals surface area contributed by atoms with Crippen LogP contribution in [-0.4, -0.2) is 136 Å². The number of nitrogens with zero attached hydrogens (tertiary/aromatic N) is 2. The highest BCUT2D eigenvalue weighted by molar-refractivity contribution is 7.48. The van der Waals surface area contributed by atoms with Gasteiger partial charge in [0.2, 0.25) is 17.7 Å². The van der Waals surface area contributed by atoms with Gasteiger partial charge in [-0.15, -0.1) is 6.58 Å². The van der Waals surface area contributed by atoms with Crippen LogP contribution in [0.1, 0.15) is 44.5 Å². The first-order chi connectivity index (χ1) is 34.5. The molecule has 0 saturated carbocycles. The van der Waals surface area contributed by atoms with E-state index in [-0.39, 0.29) is 51.5 Å². The number of aromatic nitrogens is 2. The Morgan fingerprint density at radius 2 is 1.51 bits per heavy atom. The molecule has 24 heteroatoms. The van der Waals surface area contributed by atoms with Crippen LogP contribution >= 0.6 is 7.82 Å². The van der Waals surface area contributed by atoms with E-state index in [1.807, 2.05) is 6.07 Å². The van der Waals surface area contributed by atoms with Crippen molar-refractivity contribution in [2.75, 3.05) is 65.3 Å². The number of ether oxygens (including phenoxy) is 6. The summed E-state index contributed by atoms with van der Waals surface area (Å²) < 4.78 is 64.3. The molecular formula is C48H63N6O17P. The number of alkyl carbamates (subject to hydrolysis) is 1. The molecule has 72 heavy (non-hydrogen) atoms. The normalized spacial score (nSPS) is 17.3. The van der Waals surface area contributed by atoms with E-state index in [1.165, 1.54) is 31.5 Å². The largest absolute Gasteiger partial charge is 0.475 e. The van der Waals surface area contributed by atoms with E-state index >= 15 is 0 Å². The zero-order valence-corrected chi connectivity index (χ0v) is 41.5. The van der Waals surface area contributed by atoms with Crippen molar-refractivity contribution in [2.24, 2.45) is 5.92 Å². The van der Waals surface area contributed by atoms with Gasteiger partial charge in [0, 0.05) is 33.1 Å². The second kappa shape index (κ2) is 30.3. The molecule has 2 heterocycles. The van der Waals surface area contributed by atoms with Crippen molar-refractivity contribution in [3.05, 3.63) is 120 Å². The zero-order chi connectivity index (χ0) is 52.5. The number of nitrogens with one attached hydrogen (secondary N) is 4. The molecule has 0 spiro atoms. The molecule has 1 unspecified atom stereocenters. The fourth-order valence-electron chi connectivity index (χ4n) is 6.76. The van der Waals surface area contributed by atoms with Crippen LogP contribution in [0.3, 0.4) is 0 Å². The van der Waals surface area contributed by atoms with Crippen molar-refractivity contribution < 1.29 is 75.3 Å². The Morgan fingerprint density at radius 1 is 0.833 bits per heavy atom. The molecule has 3 aromatic rings. The number of hydrogen-bond donors (Lipinski definition) is 4. The van der Waals surface area contributed by atoms with Crippen molar-refractivity contribution >= 4 is 49.4 Å². The van der Waals surface area contributed by atoms with Crippen LogP contribution in [0.5, 0.6) is 0 Å². The quantitative estimate of drug-likeness (QED) is 0.0236. The number of amides is 4. The molecule has 0 radical (unpaired) electrons. The molecule has 1 aliphatic heterocycles. The van der Waals surface area contributed by atoms with E-state index in [1.54, 1.807) is 68.4 Å². The van der Waals surface area contributed by atoms with E-state index < -0.39 is 112 Å². The van der Waals surface area contributed by atoms with E-state index in [0.717, 1.165) is 17.1 Å². The minimum atomic E-state index is -4.75. The van der Waals surface area contributed by atoms with Crippen molar-refractivity contribution in [1.29, 1.82) is 0 Å². The summed E-state index contributed by atoms with van der Waals surface area (Å²) in [6.07, 6.45) is -0.621. The van der Waals surface area contributed by atoms with Crippen LogP contribution in [0.2, 0.25) is 0 Å². The van der Waals surface area contributed by atoms with E-state index in [2.05, 4.69) is 39.4 Å². The maximum atomic E-state index is 14.2. The minimum Gasteiger partial charge on any atom is -0.462 e. The lowest BCUT2D eigenvalue weighted by Gasteiger charge is -2.27. The molecule has 392 valence electrons. The van der Waals surface area contributed by atoms with Gasteiger partial charge in [0.25, 0.3) is 0 Å². The first-order valence-corrected chi connectivity index (χ1v) is 24.3. The molecule has 1 aromatic heterocycles. The Morgan fingerprint density at radius 3 is 2.15 bits per heavy atom. The fraction of sp³-hybridized carbons (Fsp3) is 0.458. The van der Waals surface area contributed by atoms with Gasteiger partial charge in [0.15, 0.2) is 0 Å². The number of methoxy groups -OCH3 is 1. The Bertz CT molecular complexity index is 2370. The second-order valence-corrected chi connectivity index (χ2v) is 17.9. The van der Waals surface area contributed by atoms with Crippen LogP contribution < -0.4 is 27.0 Å². The van der Waals surface area contributed by atoms with Gasteiger partial charge in [0.1, 0.15) is 55.6 Å². The summed E-state index contributed by atoms with van der Waals surface area (Å²) in [6, 6.07) is 14.9. The number of benzene rings is 2. The highest BCUT2D eigenvalue weighted by atomic mass is 31.2. The third-order valence-corrected chi connectivity index (χ3v) is 11.6. The number of phosphoric ester groups is 1. The maximum Gasteiger partial charge on any atom is 0.475 e. The molecular weight excluding hydrogens is 964 g/mol. The molecule has 23 nitrogen and oxygen atoms in total. The molecule has 1 aliphatic rings. The average Bonchev–Trinajstić information content (AvgIpc) is 3.74. The van der Waals surface area contributed by atoms with Crippen LogP contribution in [0.4, 0.5) is 10.6 Å². The Balaban J connectivity index is 1.48. The molecule has 1 fully saturated rings. The number of phosphoric acid groups is 1. The number of carbonyl (C=O) groups excluding carboxylic acids is 6. The summed E-state index contributed by atoms with van der Waals surface area (Å²) in [5.74, 6) is -4.27. The van der Waals surface area contributed by atoms with Gasteiger partial charge in [-0.05, 0) is 23.1 Å². The molecule has 7 atom stereocenters. The van der Waals surface area contributed by atoms with Crippen LogP contribution in [0.15, 0.2) is 103 Å². The Hall–Kier alpha value is -6.59. The molecule has 1 saturated heterocycles. The summed E-state index contributed by atoms with van der Waals surface area (Å²) in [7, 11) is -3.24. The van der Waals surface area contributed by atoms with Gasteiger partial charge < -0.3 is 49.7 Å². The molecule has 0 bridgehead atoms. The topological polar surface area (TPSA) is 286 Å². The molecule has 4 amide bonds. The lowest BCUT2D eigenvalue weighted by atomic mass is 10.0.